The number of hydrogen-bond donors (Lipinski definition) is 3. The van der Waals surface area contributed by atoms with Gasteiger partial charge in [-0.25, -0.2) is 13.5 Å². The van der Waals surface area contributed by atoms with Crippen molar-refractivity contribution in [3.63, 3.8) is 0 Å². The average Bonchev–Trinajstić information content (AvgIpc) is 3.25. The number of nitrogens with one attached hydrogen (secondary N) is 2. The molecule has 8 heteroatoms. The Morgan fingerprint density at radius 1 is 0.949 bits per heavy atom. The number of benzene rings is 3. The van der Waals surface area contributed by atoms with Gasteiger partial charge in [0.05, 0.1) is 23.5 Å². The number of halogens is 2. The second-order valence-corrected chi connectivity index (χ2v) is 9.82. The minimum absolute atomic E-state index is 0.0540. The van der Waals surface area contributed by atoms with Crippen molar-refractivity contribution in [1.29, 1.82) is 0 Å². The predicted molar refractivity (Wildman–Crippen MR) is 148 cm³/mol. The van der Waals surface area contributed by atoms with Crippen LogP contribution in [0.2, 0.25) is 0 Å². The molecule has 4 aromatic rings. The molecule has 2 unspecified atom stereocenters. The van der Waals surface area contributed by atoms with Gasteiger partial charge < -0.3 is 15.7 Å². The zero-order chi connectivity index (χ0) is 27.9. The molecule has 0 radical (unpaired) electrons. The second-order valence-electron chi connectivity index (χ2n) is 9.82. The van der Waals surface area contributed by atoms with Crippen LogP contribution in [0.15, 0.2) is 72.8 Å². The Labute approximate surface area is 227 Å². The first-order valence-electron chi connectivity index (χ1n) is 13.1. The average molecular weight is 533 g/mol. The van der Waals surface area contributed by atoms with E-state index in [0.717, 1.165) is 35.1 Å². The number of carbonyl (C=O) groups excluding carboxylic acids is 1. The van der Waals surface area contributed by atoms with E-state index >= 15 is 0 Å². The summed E-state index contributed by atoms with van der Waals surface area (Å²) >= 11 is 0. The summed E-state index contributed by atoms with van der Waals surface area (Å²) < 4.78 is 29.5. The van der Waals surface area contributed by atoms with Gasteiger partial charge in [-0.05, 0) is 85.8 Å². The van der Waals surface area contributed by atoms with Gasteiger partial charge in [0, 0.05) is 30.4 Å². The Balaban J connectivity index is 1.47. The van der Waals surface area contributed by atoms with Crippen molar-refractivity contribution in [2.24, 2.45) is 0 Å². The Morgan fingerprint density at radius 3 is 2.28 bits per heavy atom. The van der Waals surface area contributed by atoms with Crippen molar-refractivity contribution < 1.29 is 18.7 Å². The molecule has 39 heavy (non-hydrogen) atoms. The quantitative estimate of drug-likeness (QED) is 0.259. The van der Waals surface area contributed by atoms with Gasteiger partial charge in [0.1, 0.15) is 11.6 Å². The van der Waals surface area contributed by atoms with E-state index in [2.05, 4.69) is 34.8 Å². The van der Waals surface area contributed by atoms with E-state index in [0.29, 0.717) is 17.7 Å². The number of aliphatic hydroxyl groups excluding tert-OH is 1. The number of aromatic nitrogens is 2. The summed E-state index contributed by atoms with van der Waals surface area (Å²) in [6.45, 7) is 6.67. The molecule has 1 heterocycles. The van der Waals surface area contributed by atoms with Crippen molar-refractivity contribution in [3.05, 3.63) is 118 Å². The largest absolute Gasteiger partial charge is 0.390 e. The molecule has 0 aliphatic rings. The highest BCUT2D eigenvalue weighted by atomic mass is 19.1. The predicted octanol–water partition coefficient (Wildman–Crippen LogP) is 4.82. The first kappa shape index (κ1) is 28.1. The van der Waals surface area contributed by atoms with Crippen LogP contribution in [0.25, 0.3) is 5.69 Å². The molecule has 6 nitrogen and oxygen atoms in total. The zero-order valence-electron chi connectivity index (χ0n) is 22.4. The highest BCUT2D eigenvalue weighted by Crippen LogP contribution is 2.15. The lowest BCUT2D eigenvalue weighted by molar-refractivity contribution is 0.0830. The molecule has 0 bridgehead atoms. The third-order valence-electron chi connectivity index (χ3n) is 6.62. The molecule has 3 aromatic carbocycles. The lowest BCUT2D eigenvalue weighted by Crippen LogP contribution is -2.48. The summed E-state index contributed by atoms with van der Waals surface area (Å²) in [5.41, 5.74) is 5.73. The van der Waals surface area contributed by atoms with Crippen molar-refractivity contribution in [2.45, 2.75) is 52.3 Å². The van der Waals surface area contributed by atoms with E-state index in [9.17, 15) is 18.7 Å². The molecular weight excluding hydrogens is 498 g/mol. The number of hydrogen-bond acceptors (Lipinski definition) is 4. The SMILES string of the molecule is CCc1cccc(CNCC(O)C(Cc2cc(F)cc(F)c2)NC(=O)c2ccc(-n3nc(C)cc3C)cc2)c1. The number of nitrogens with zero attached hydrogens (tertiary/aromatic N) is 2. The molecule has 0 saturated heterocycles. The van der Waals surface area contributed by atoms with Gasteiger partial charge in [-0.1, -0.05) is 31.2 Å². The van der Waals surface area contributed by atoms with E-state index < -0.39 is 29.7 Å². The number of rotatable bonds is 11. The maximum Gasteiger partial charge on any atom is 0.251 e. The summed E-state index contributed by atoms with van der Waals surface area (Å²) in [6.07, 6.45) is -0.0290. The van der Waals surface area contributed by atoms with Crippen LogP contribution in [-0.2, 0) is 19.4 Å². The second kappa shape index (κ2) is 12.8. The molecule has 204 valence electrons. The van der Waals surface area contributed by atoms with Gasteiger partial charge in [-0.2, -0.15) is 5.10 Å². The van der Waals surface area contributed by atoms with E-state index in [4.69, 9.17) is 0 Å². The van der Waals surface area contributed by atoms with Gasteiger partial charge in [0.2, 0.25) is 0 Å². The van der Waals surface area contributed by atoms with Crippen LogP contribution < -0.4 is 10.6 Å². The molecule has 0 spiro atoms. The first-order chi connectivity index (χ1) is 18.7. The fourth-order valence-electron chi connectivity index (χ4n) is 4.63. The lowest BCUT2D eigenvalue weighted by atomic mass is 10.00. The normalized spacial score (nSPS) is 12.8. The monoisotopic (exact) mass is 532 g/mol. The summed E-state index contributed by atoms with van der Waals surface area (Å²) in [4.78, 5) is 13.2. The van der Waals surface area contributed by atoms with Crippen LogP contribution in [0.4, 0.5) is 8.78 Å². The molecule has 1 aromatic heterocycles. The van der Waals surface area contributed by atoms with Crippen molar-refractivity contribution in [3.8, 4) is 5.69 Å². The summed E-state index contributed by atoms with van der Waals surface area (Å²) in [6, 6.07) is 19.5. The fourth-order valence-corrected chi connectivity index (χ4v) is 4.63. The van der Waals surface area contributed by atoms with Gasteiger partial charge in [-0.15, -0.1) is 0 Å². The Bertz CT molecular complexity index is 1400. The topological polar surface area (TPSA) is 79.2 Å². The minimum Gasteiger partial charge on any atom is -0.390 e. The van der Waals surface area contributed by atoms with Crippen LogP contribution in [0.5, 0.6) is 0 Å². The molecule has 4 rings (SSSR count). The molecule has 0 fully saturated rings. The van der Waals surface area contributed by atoms with Gasteiger partial charge in [0.15, 0.2) is 0 Å². The van der Waals surface area contributed by atoms with Crippen LogP contribution >= 0.6 is 0 Å². The van der Waals surface area contributed by atoms with E-state index in [1.165, 1.54) is 17.7 Å². The number of aryl methyl sites for hydroxylation is 3. The van der Waals surface area contributed by atoms with Gasteiger partial charge in [-0.3, -0.25) is 4.79 Å². The van der Waals surface area contributed by atoms with Crippen LogP contribution in [0.1, 0.15) is 45.4 Å². The number of aliphatic hydroxyl groups is 1. The van der Waals surface area contributed by atoms with Crippen LogP contribution in [0, 0.1) is 25.5 Å². The van der Waals surface area contributed by atoms with Gasteiger partial charge in [0.25, 0.3) is 5.91 Å². The van der Waals surface area contributed by atoms with Crippen LogP contribution in [-0.4, -0.2) is 39.5 Å². The Hall–Kier alpha value is -3.88. The molecule has 0 aliphatic heterocycles. The minimum atomic E-state index is -1.01. The summed E-state index contributed by atoms with van der Waals surface area (Å²) in [5.74, 6) is -1.82. The highest BCUT2D eigenvalue weighted by Gasteiger charge is 2.23. The summed E-state index contributed by atoms with van der Waals surface area (Å²) in [7, 11) is 0. The molecule has 0 saturated carbocycles. The van der Waals surface area contributed by atoms with E-state index in [-0.39, 0.29) is 13.0 Å². The molecule has 1 amide bonds. The Kier molecular flexibility index (Phi) is 9.22. The van der Waals surface area contributed by atoms with Gasteiger partial charge >= 0.3 is 0 Å². The highest BCUT2D eigenvalue weighted by molar-refractivity contribution is 5.94. The standard InChI is InChI=1S/C31H34F2N4O2/c1-4-22-6-5-7-23(13-22)18-34-19-30(38)29(16-24-14-26(32)17-27(33)15-24)35-31(39)25-8-10-28(11-9-25)37-21(3)12-20(2)36-37/h5-15,17,29-30,34,38H,4,16,18-19H2,1-3H3,(H,35,39). The number of carbonyl (C=O) groups is 1. The molecule has 3 N–H and O–H groups in total. The Morgan fingerprint density at radius 2 is 1.64 bits per heavy atom. The molecule has 0 aliphatic carbocycles. The third-order valence-corrected chi connectivity index (χ3v) is 6.62. The maximum atomic E-state index is 13.9. The van der Waals surface area contributed by atoms with E-state index in [1.807, 2.05) is 32.0 Å². The van der Waals surface area contributed by atoms with Crippen molar-refractivity contribution in [2.75, 3.05) is 6.54 Å². The number of amides is 1. The first-order valence-corrected chi connectivity index (χ1v) is 13.1. The van der Waals surface area contributed by atoms with Crippen LogP contribution in [0.3, 0.4) is 0 Å². The fraction of sp³-hybridized carbons (Fsp3) is 0.290. The lowest BCUT2D eigenvalue weighted by Gasteiger charge is -2.25. The zero-order valence-corrected chi connectivity index (χ0v) is 22.4. The molecule has 2 atom stereocenters. The van der Waals surface area contributed by atoms with Crippen molar-refractivity contribution >= 4 is 5.91 Å². The molecular formula is C31H34F2N4O2. The van der Waals surface area contributed by atoms with E-state index in [1.54, 1.807) is 28.9 Å². The van der Waals surface area contributed by atoms with Crippen molar-refractivity contribution in [1.82, 2.24) is 20.4 Å². The smallest absolute Gasteiger partial charge is 0.251 e. The maximum absolute atomic E-state index is 13.9. The summed E-state index contributed by atoms with van der Waals surface area (Å²) in [5, 5.41) is 21.6. The third kappa shape index (κ3) is 7.59.